The Morgan fingerprint density at radius 2 is 1.90 bits per heavy atom. The lowest BCUT2D eigenvalue weighted by molar-refractivity contribution is 0.354. The number of benzene rings is 2. The maximum absolute atomic E-state index is 13.3. The Bertz CT molecular complexity index is 1150. The van der Waals surface area contributed by atoms with Crippen molar-refractivity contribution in [1.82, 2.24) is 9.66 Å². The summed E-state index contributed by atoms with van der Waals surface area (Å²) in [7, 11) is 3.17. The summed E-state index contributed by atoms with van der Waals surface area (Å²) < 4.78 is 13.2. The molecule has 6 nitrogen and oxygen atoms in total. The zero-order valence-corrected chi connectivity index (χ0v) is 18.7. The van der Waals surface area contributed by atoms with Crippen LogP contribution in [-0.4, -0.2) is 30.1 Å². The van der Waals surface area contributed by atoms with Crippen LogP contribution in [0.15, 0.2) is 50.8 Å². The maximum atomic E-state index is 13.3. The van der Waals surface area contributed by atoms with E-state index in [2.05, 4.69) is 21.0 Å². The number of methoxy groups -OCH3 is 2. The minimum atomic E-state index is -0.154. The van der Waals surface area contributed by atoms with Gasteiger partial charge in [0.1, 0.15) is 5.82 Å². The topological polar surface area (TPSA) is 65.7 Å². The highest BCUT2D eigenvalue weighted by atomic mass is 79.9. The molecule has 0 unspecified atom stereocenters. The monoisotopic (exact) mass is 469 g/mol. The molecule has 3 aromatic rings. The first kappa shape index (κ1) is 20.6. The number of aromatic nitrogens is 2. The molecular formula is C23H24BrN3O3. The highest BCUT2D eigenvalue weighted by Crippen LogP contribution is 2.34. The lowest BCUT2D eigenvalue weighted by atomic mass is 9.88. The Hall–Kier alpha value is -2.67. The quantitative estimate of drug-likeness (QED) is 0.487. The van der Waals surface area contributed by atoms with Crippen molar-refractivity contribution in [2.45, 2.75) is 38.0 Å². The van der Waals surface area contributed by atoms with Gasteiger partial charge in [0.15, 0.2) is 11.5 Å². The second kappa shape index (κ2) is 9.00. The Morgan fingerprint density at radius 1 is 1.13 bits per heavy atom. The number of rotatable bonds is 5. The van der Waals surface area contributed by atoms with Gasteiger partial charge in [0.25, 0.3) is 5.56 Å². The van der Waals surface area contributed by atoms with Gasteiger partial charge in [-0.25, -0.2) is 4.98 Å². The number of ether oxygens (including phenoxy) is 2. The van der Waals surface area contributed by atoms with E-state index in [0.29, 0.717) is 22.4 Å². The number of para-hydroxylation sites is 1. The zero-order chi connectivity index (χ0) is 21.1. The minimum Gasteiger partial charge on any atom is -0.493 e. The van der Waals surface area contributed by atoms with E-state index in [1.165, 1.54) is 11.1 Å². The zero-order valence-electron chi connectivity index (χ0n) is 17.1. The van der Waals surface area contributed by atoms with E-state index in [1.807, 2.05) is 30.3 Å². The van der Waals surface area contributed by atoms with Crippen LogP contribution in [0.5, 0.6) is 11.5 Å². The van der Waals surface area contributed by atoms with Crippen LogP contribution in [-0.2, 0) is 0 Å². The summed E-state index contributed by atoms with van der Waals surface area (Å²) in [5.41, 5.74) is 1.27. The molecule has 7 heteroatoms. The Morgan fingerprint density at radius 3 is 2.63 bits per heavy atom. The summed E-state index contributed by atoms with van der Waals surface area (Å²) in [6, 6.07) is 11.1. The molecule has 1 saturated carbocycles. The average Bonchev–Trinajstić information content (AvgIpc) is 2.78. The van der Waals surface area contributed by atoms with Gasteiger partial charge in [-0.15, -0.1) is 0 Å². The molecule has 0 N–H and O–H groups in total. The third-order valence-corrected chi connectivity index (χ3v) is 5.99. The van der Waals surface area contributed by atoms with Crippen molar-refractivity contribution in [2.24, 2.45) is 5.10 Å². The third kappa shape index (κ3) is 3.99. The molecular weight excluding hydrogens is 446 g/mol. The first-order valence-corrected chi connectivity index (χ1v) is 10.9. The molecule has 0 saturated heterocycles. The highest BCUT2D eigenvalue weighted by Gasteiger charge is 2.22. The second-order valence-electron chi connectivity index (χ2n) is 7.41. The summed E-state index contributed by atoms with van der Waals surface area (Å²) >= 11 is 3.49. The fraction of sp³-hybridized carbons (Fsp3) is 0.348. The lowest BCUT2D eigenvalue weighted by Crippen LogP contribution is -2.25. The van der Waals surface area contributed by atoms with E-state index in [9.17, 15) is 4.79 Å². The highest BCUT2D eigenvalue weighted by molar-refractivity contribution is 9.10. The first-order chi connectivity index (χ1) is 14.6. The van der Waals surface area contributed by atoms with Gasteiger partial charge in [0.2, 0.25) is 0 Å². The van der Waals surface area contributed by atoms with Gasteiger partial charge in [0.05, 0.1) is 31.3 Å². The SMILES string of the molecule is COc1cc(Br)cc(C=Nn2c(C3CCCCC3)nc3ccccc3c2=O)c1OC. The molecule has 0 amide bonds. The van der Waals surface area contributed by atoms with Gasteiger partial charge in [-0.1, -0.05) is 47.3 Å². The van der Waals surface area contributed by atoms with Gasteiger partial charge < -0.3 is 9.47 Å². The molecule has 4 rings (SSSR count). The molecule has 0 bridgehead atoms. The van der Waals surface area contributed by atoms with Crippen molar-refractivity contribution in [3.63, 3.8) is 0 Å². The molecule has 0 atom stereocenters. The Balaban J connectivity index is 1.87. The summed E-state index contributed by atoms with van der Waals surface area (Å²) in [6.07, 6.45) is 7.20. The maximum Gasteiger partial charge on any atom is 0.282 e. The van der Waals surface area contributed by atoms with Crippen LogP contribution in [0.1, 0.15) is 49.4 Å². The second-order valence-corrected chi connectivity index (χ2v) is 8.33. The molecule has 1 heterocycles. The minimum absolute atomic E-state index is 0.154. The summed E-state index contributed by atoms with van der Waals surface area (Å²) in [4.78, 5) is 18.2. The molecule has 30 heavy (non-hydrogen) atoms. The molecule has 0 spiro atoms. The smallest absolute Gasteiger partial charge is 0.282 e. The number of nitrogens with zero attached hydrogens (tertiary/aromatic N) is 3. The number of fused-ring (bicyclic) bond motifs is 1. The number of halogens is 1. The average molecular weight is 470 g/mol. The van der Waals surface area contributed by atoms with Crippen LogP contribution in [0.25, 0.3) is 10.9 Å². The van der Waals surface area contributed by atoms with Gasteiger partial charge in [-0.3, -0.25) is 4.79 Å². The van der Waals surface area contributed by atoms with Crippen LogP contribution in [0.2, 0.25) is 0 Å². The van der Waals surface area contributed by atoms with E-state index < -0.39 is 0 Å². The van der Waals surface area contributed by atoms with Gasteiger partial charge in [0, 0.05) is 16.0 Å². The number of hydrogen-bond donors (Lipinski definition) is 0. The molecule has 0 radical (unpaired) electrons. The summed E-state index contributed by atoms with van der Waals surface area (Å²) in [6.45, 7) is 0. The van der Waals surface area contributed by atoms with E-state index in [1.54, 1.807) is 26.5 Å². The van der Waals surface area contributed by atoms with E-state index >= 15 is 0 Å². The summed E-state index contributed by atoms with van der Waals surface area (Å²) in [5, 5.41) is 5.15. The van der Waals surface area contributed by atoms with E-state index in [0.717, 1.165) is 41.5 Å². The lowest BCUT2D eigenvalue weighted by Gasteiger charge is -2.22. The standard InChI is InChI=1S/C23H24BrN3O3/c1-29-20-13-17(24)12-16(21(20)30-2)14-25-27-22(15-8-4-3-5-9-15)26-19-11-7-6-10-18(19)23(27)28/h6-7,10-15H,3-5,8-9H2,1-2H3. The fourth-order valence-electron chi connectivity index (χ4n) is 4.05. The Labute approximate surface area is 183 Å². The first-order valence-electron chi connectivity index (χ1n) is 10.1. The van der Waals surface area contributed by atoms with Crippen LogP contribution < -0.4 is 15.0 Å². The predicted octanol–water partition coefficient (Wildman–Crippen LogP) is 5.11. The predicted molar refractivity (Wildman–Crippen MR) is 122 cm³/mol. The van der Waals surface area contributed by atoms with Crippen molar-refractivity contribution in [3.8, 4) is 11.5 Å². The summed E-state index contributed by atoms with van der Waals surface area (Å²) in [5.74, 6) is 2.11. The van der Waals surface area contributed by atoms with Crippen molar-refractivity contribution < 1.29 is 9.47 Å². The molecule has 1 fully saturated rings. The molecule has 156 valence electrons. The van der Waals surface area contributed by atoms with Crippen LogP contribution in [0, 0.1) is 0 Å². The van der Waals surface area contributed by atoms with Gasteiger partial charge in [-0.05, 0) is 37.1 Å². The number of hydrogen-bond acceptors (Lipinski definition) is 5. The molecule has 1 aliphatic rings. The third-order valence-electron chi connectivity index (χ3n) is 5.53. The van der Waals surface area contributed by atoms with Crippen LogP contribution in [0.4, 0.5) is 0 Å². The molecule has 1 aromatic heterocycles. The van der Waals surface area contributed by atoms with Crippen LogP contribution in [0.3, 0.4) is 0 Å². The van der Waals surface area contributed by atoms with E-state index in [-0.39, 0.29) is 11.5 Å². The fourth-order valence-corrected chi connectivity index (χ4v) is 4.51. The molecule has 1 aliphatic carbocycles. The Kier molecular flexibility index (Phi) is 6.18. The largest absolute Gasteiger partial charge is 0.493 e. The van der Waals surface area contributed by atoms with Crippen molar-refractivity contribution in [3.05, 3.63) is 62.6 Å². The molecule has 0 aliphatic heterocycles. The van der Waals surface area contributed by atoms with Gasteiger partial charge >= 0.3 is 0 Å². The molecule has 2 aromatic carbocycles. The van der Waals surface area contributed by atoms with Crippen molar-refractivity contribution in [2.75, 3.05) is 14.2 Å². The normalized spacial score (nSPS) is 15.0. The van der Waals surface area contributed by atoms with E-state index in [4.69, 9.17) is 14.5 Å². The van der Waals surface area contributed by atoms with Crippen LogP contribution >= 0.6 is 15.9 Å². The van der Waals surface area contributed by atoms with Crippen molar-refractivity contribution >= 4 is 33.0 Å². The van der Waals surface area contributed by atoms with Crippen molar-refractivity contribution in [1.29, 1.82) is 0 Å². The van der Waals surface area contributed by atoms with Gasteiger partial charge in [-0.2, -0.15) is 9.78 Å².